The van der Waals surface area contributed by atoms with Crippen molar-refractivity contribution < 1.29 is 9.84 Å². The molecule has 156 valence electrons. The van der Waals surface area contributed by atoms with Crippen LogP contribution in [0.3, 0.4) is 0 Å². The molecule has 3 heteroatoms. The van der Waals surface area contributed by atoms with E-state index in [1.807, 2.05) is 38.4 Å². The number of hydrogen-bond donors (Lipinski definition) is 1. The minimum absolute atomic E-state index is 0.0640. The number of nitrogens with zero attached hydrogens (tertiary/aromatic N) is 1. The Morgan fingerprint density at radius 2 is 1.47 bits per heavy atom. The quantitative estimate of drug-likeness (QED) is 0.512. The number of rotatable bonds is 8. The zero-order chi connectivity index (χ0) is 21.5. The number of ether oxygens (including phenoxy) is 1. The first-order chi connectivity index (χ1) is 14.5. The molecule has 0 fully saturated rings. The monoisotopic (exact) mass is 401 g/mol. The van der Waals surface area contributed by atoms with Crippen LogP contribution in [0.25, 0.3) is 5.57 Å². The lowest BCUT2D eigenvalue weighted by Crippen LogP contribution is -2.19. The van der Waals surface area contributed by atoms with Crippen LogP contribution in [0.2, 0.25) is 0 Å². The molecule has 0 bridgehead atoms. The van der Waals surface area contributed by atoms with Crippen LogP contribution in [0.5, 0.6) is 11.5 Å². The zero-order valence-corrected chi connectivity index (χ0v) is 18.3. The highest BCUT2D eigenvalue weighted by molar-refractivity contribution is 5.75. The molecule has 0 saturated carbocycles. The smallest absolute Gasteiger partial charge is 0.119 e. The van der Waals surface area contributed by atoms with Gasteiger partial charge in [-0.05, 0) is 74.5 Å². The normalized spacial score (nSPS) is 12.8. The second-order valence-electron chi connectivity index (χ2n) is 7.86. The summed E-state index contributed by atoms with van der Waals surface area (Å²) < 4.78 is 5.87. The summed E-state index contributed by atoms with van der Waals surface area (Å²) in [6.45, 7) is 5.73. The number of aromatic hydroxyl groups is 1. The Kier molecular flexibility index (Phi) is 7.31. The number of phenolic OH excluding ortho intramolecular Hbond substituents is 1. The second kappa shape index (κ2) is 10.1. The maximum Gasteiger partial charge on any atom is 0.119 e. The summed E-state index contributed by atoms with van der Waals surface area (Å²) in [7, 11) is 4.08. The van der Waals surface area contributed by atoms with Crippen LogP contribution in [-0.4, -0.2) is 37.3 Å². The molecule has 3 rings (SSSR count). The molecule has 0 spiro atoms. The molecule has 30 heavy (non-hydrogen) atoms. The van der Waals surface area contributed by atoms with Gasteiger partial charge in [-0.25, -0.2) is 0 Å². The van der Waals surface area contributed by atoms with E-state index in [0.29, 0.717) is 6.61 Å². The highest BCUT2D eigenvalue weighted by Crippen LogP contribution is 2.39. The average molecular weight is 402 g/mol. The molecule has 3 nitrogen and oxygen atoms in total. The van der Waals surface area contributed by atoms with Crippen molar-refractivity contribution in [2.75, 3.05) is 27.2 Å². The van der Waals surface area contributed by atoms with Crippen molar-refractivity contribution in [2.24, 2.45) is 0 Å². The van der Waals surface area contributed by atoms with Gasteiger partial charge < -0.3 is 14.7 Å². The summed E-state index contributed by atoms with van der Waals surface area (Å²) >= 11 is 0. The number of aryl methyl sites for hydroxylation is 1. The summed E-state index contributed by atoms with van der Waals surface area (Å²) in [5, 5.41) is 9.78. The molecule has 3 aromatic rings. The first-order valence-corrected chi connectivity index (χ1v) is 10.4. The van der Waals surface area contributed by atoms with Crippen molar-refractivity contribution in [3.05, 3.63) is 101 Å². The van der Waals surface area contributed by atoms with E-state index in [0.717, 1.165) is 17.9 Å². The van der Waals surface area contributed by atoms with Crippen molar-refractivity contribution >= 4 is 5.57 Å². The summed E-state index contributed by atoms with van der Waals surface area (Å²) in [5.74, 6) is 1.22. The molecule has 1 atom stereocenters. The van der Waals surface area contributed by atoms with E-state index >= 15 is 0 Å². The van der Waals surface area contributed by atoms with Gasteiger partial charge in [0.05, 0.1) is 0 Å². The van der Waals surface area contributed by atoms with Crippen LogP contribution in [0, 0.1) is 6.92 Å². The van der Waals surface area contributed by atoms with E-state index in [1.165, 1.54) is 22.3 Å². The highest BCUT2D eigenvalue weighted by atomic mass is 16.5. The van der Waals surface area contributed by atoms with Gasteiger partial charge in [-0.1, -0.05) is 60.2 Å². The topological polar surface area (TPSA) is 32.7 Å². The van der Waals surface area contributed by atoms with Crippen molar-refractivity contribution in [1.82, 2.24) is 4.90 Å². The summed E-state index contributed by atoms with van der Waals surface area (Å²) in [6.07, 6.45) is 2.18. The van der Waals surface area contributed by atoms with Gasteiger partial charge in [0.1, 0.15) is 18.1 Å². The van der Waals surface area contributed by atoms with Crippen molar-refractivity contribution in [3.63, 3.8) is 0 Å². The number of benzene rings is 3. The van der Waals surface area contributed by atoms with Crippen LogP contribution in [-0.2, 0) is 0 Å². The van der Waals surface area contributed by atoms with Crippen LogP contribution in [0.1, 0.15) is 35.1 Å². The number of phenols is 1. The molecule has 0 aliphatic carbocycles. The first-order valence-electron chi connectivity index (χ1n) is 10.4. The van der Waals surface area contributed by atoms with Gasteiger partial charge in [0.25, 0.3) is 0 Å². The largest absolute Gasteiger partial charge is 0.508 e. The van der Waals surface area contributed by atoms with E-state index < -0.39 is 0 Å². The van der Waals surface area contributed by atoms with Crippen molar-refractivity contribution in [3.8, 4) is 11.5 Å². The average Bonchev–Trinajstić information content (AvgIpc) is 2.74. The zero-order valence-electron chi connectivity index (χ0n) is 18.3. The van der Waals surface area contributed by atoms with Gasteiger partial charge in [-0.3, -0.25) is 0 Å². The summed E-state index contributed by atoms with van der Waals surface area (Å²) in [6, 6.07) is 24.5. The molecular weight excluding hydrogens is 370 g/mol. The van der Waals surface area contributed by atoms with E-state index in [2.05, 4.69) is 61.2 Å². The molecule has 1 N–H and O–H groups in total. The van der Waals surface area contributed by atoms with Gasteiger partial charge >= 0.3 is 0 Å². The molecule has 0 saturated heterocycles. The Hall–Kier alpha value is -3.04. The van der Waals surface area contributed by atoms with Crippen molar-refractivity contribution in [2.45, 2.75) is 19.8 Å². The predicted octanol–water partition coefficient (Wildman–Crippen LogP) is 5.88. The fourth-order valence-corrected chi connectivity index (χ4v) is 3.57. The van der Waals surface area contributed by atoms with Crippen molar-refractivity contribution in [1.29, 1.82) is 0 Å². The second-order valence-corrected chi connectivity index (χ2v) is 7.86. The standard InChI is InChI=1S/C27H31NO2/c1-5-26(21-8-6-20(2)7-9-21)27(22-10-14-24(29)15-11-22)23-12-16-25(17-13-23)30-19-18-28(3)4/h5-17,27,29H,18-19H2,1-4H3/b26-5-. The van der Waals surface area contributed by atoms with E-state index in [9.17, 15) is 5.11 Å². The Labute approximate surface area is 180 Å². The molecule has 3 aromatic carbocycles. The number of allylic oxidation sites excluding steroid dienone is 2. The molecule has 0 aliphatic heterocycles. The van der Waals surface area contributed by atoms with E-state index in [4.69, 9.17) is 4.74 Å². The van der Waals surface area contributed by atoms with Crippen LogP contribution < -0.4 is 4.74 Å². The maximum atomic E-state index is 9.78. The van der Waals surface area contributed by atoms with Crippen LogP contribution >= 0.6 is 0 Å². The molecule has 1 unspecified atom stereocenters. The summed E-state index contributed by atoms with van der Waals surface area (Å²) in [4.78, 5) is 2.11. The van der Waals surface area contributed by atoms with Crippen LogP contribution in [0.15, 0.2) is 78.9 Å². The summed E-state index contributed by atoms with van der Waals surface area (Å²) in [5.41, 5.74) is 6.01. The number of hydrogen-bond acceptors (Lipinski definition) is 3. The molecule has 0 amide bonds. The minimum Gasteiger partial charge on any atom is -0.508 e. The molecule has 0 heterocycles. The predicted molar refractivity (Wildman–Crippen MR) is 125 cm³/mol. The minimum atomic E-state index is 0.0640. The lowest BCUT2D eigenvalue weighted by molar-refractivity contribution is 0.261. The SMILES string of the molecule is C/C=C(/c1ccc(C)cc1)C(c1ccc(O)cc1)c1ccc(OCCN(C)C)cc1. The van der Waals surface area contributed by atoms with Gasteiger partial charge in [0.15, 0.2) is 0 Å². The van der Waals surface area contributed by atoms with Gasteiger partial charge in [-0.2, -0.15) is 0 Å². The molecule has 0 aromatic heterocycles. The third-order valence-corrected chi connectivity index (χ3v) is 5.25. The Bertz CT molecular complexity index is 955. The van der Waals surface area contributed by atoms with E-state index in [1.54, 1.807) is 12.1 Å². The number of likely N-dealkylation sites (N-methyl/N-ethyl adjacent to an activating group) is 1. The molecular formula is C27H31NO2. The van der Waals surface area contributed by atoms with Crippen LogP contribution in [0.4, 0.5) is 0 Å². The molecule has 0 aliphatic rings. The lowest BCUT2D eigenvalue weighted by Gasteiger charge is -2.23. The lowest BCUT2D eigenvalue weighted by atomic mass is 9.81. The van der Waals surface area contributed by atoms with Gasteiger partial charge in [0, 0.05) is 12.5 Å². The fraction of sp³-hybridized carbons (Fsp3) is 0.259. The maximum absolute atomic E-state index is 9.78. The third-order valence-electron chi connectivity index (χ3n) is 5.25. The first kappa shape index (κ1) is 21.7. The Morgan fingerprint density at radius 1 is 0.900 bits per heavy atom. The Morgan fingerprint density at radius 3 is 2.00 bits per heavy atom. The Balaban J connectivity index is 1.95. The fourth-order valence-electron chi connectivity index (χ4n) is 3.57. The van der Waals surface area contributed by atoms with E-state index in [-0.39, 0.29) is 11.7 Å². The van der Waals surface area contributed by atoms with Gasteiger partial charge in [0.2, 0.25) is 0 Å². The highest BCUT2D eigenvalue weighted by Gasteiger charge is 2.20. The van der Waals surface area contributed by atoms with Gasteiger partial charge in [-0.15, -0.1) is 0 Å². The third kappa shape index (κ3) is 5.52. The molecule has 0 radical (unpaired) electrons.